The standard InChI is InChI=1S/C21H24N4O2/c1-26-16-11-15(12-17(13-16)27-2)23-21-24-19-10-6-5-9-18(19)20(25-21)22-14-7-3-4-8-14/h5-6,9-14H,3-4,7-8H2,1-2H3,(H2,22,23,24,25). The van der Waals surface area contributed by atoms with E-state index in [0.29, 0.717) is 23.5 Å². The Labute approximate surface area is 158 Å². The van der Waals surface area contributed by atoms with Gasteiger partial charge in [-0.3, -0.25) is 0 Å². The molecular weight excluding hydrogens is 340 g/mol. The maximum atomic E-state index is 5.34. The lowest BCUT2D eigenvalue weighted by Gasteiger charge is -2.16. The van der Waals surface area contributed by atoms with Crippen molar-refractivity contribution in [2.24, 2.45) is 0 Å². The first kappa shape index (κ1) is 17.4. The van der Waals surface area contributed by atoms with Gasteiger partial charge < -0.3 is 20.1 Å². The van der Waals surface area contributed by atoms with Crippen LogP contribution in [0.5, 0.6) is 11.5 Å². The Morgan fingerprint density at radius 1 is 0.926 bits per heavy atom. The van der Waals surface area contributed by atoms with Gasteiger partial charge in [0.05, 0.1) is 19.7 Å². The van der Waals surface area contributed by atoms with Crippen LogP contribution < -0.4 is 20.1 Å². The molecule has 2 aromatic carbocycles. The van der Waals surface area contributed by atoms with E-state index in [2.05, 4.69) is 21.7 Å². The molecule has 27 heavy (non-hydrogen) atoms. The molecule has 1 fully saturated rings. The van der Waals surface area contributed by atoms with Gasteiger partial charge in [-0.1, -0.05) is 25.0 Å². The normalized spacial score (nSPS) is 14.3. The summed E-state index contributed by atoms with van der Waals surface area (Å²) >= 11 is 0. The van der Waals surface area contributed by atoms with E-state index in [9.17, 15) is 0 Å². The number of aromatic nitrogens is 2. The molecule has 0 saturated heterocycles. The van der Waals surface area contributed by atoms with Crippen LogP contribution in [0, 0.1) is 0 Å². The lowest BCUT2D eigenvalue weighted by atomic mass is 10.2. The Morgan fingerprint density at radius 2 is 1.63 bits per heavy atom. The Morgan fingerprint density at radius 3 is 2.33 bits per heavy atom. The van der Waals surface area contributed by atoms with Gasteiger partial charge >= 0.3 is 0 Å². The van der Waals surface area contributed by atoms with Gasteiger partial charge in [0, 0.05) is 35.3 Å². The Bertz CT molecular complexity index is 916. The zero-order valence-corrected chi connectivity index (χ0v) is 15.7. The SMILES string of the molecule is COc1cc(Nc2nc(NC3CCCC3)c3ccccc3n2)cc(OC)c1. The zero-order valence-electron chi connectivity index (χ0n) is 15.7. The van der Waals surface area contributed by atoms with Crippen molar-refractivity contribution in [2.75, 3.05) is 24.9 Å². The Kier molecular flexibility index (Phi) is 4.96. The first-order valence-corrected chi connectivity index (χ1v) is 9.28. The summed E-state index contributed by atoms with van der Waals surface area (Å²) in [5, 5.41) is 7.94. The number of hydrogen-bond acceptors (Lipinski definition) is 6. The fraction of sp³-hybridized carbons (Fsp3) is 0.333. The highest BCUT2D eigenvalue weighted by molar-refractivity contribution is 5.90. The number of para-hydroxylation sites is 1. The van der Waals surface area contributed by atoms with E-state index in [0.717, 1.165) is 22.4 Å². The molecule has 2 N–H and O–H groups in total. The molecule has 3 aromatic rings. The van der Waals surface area contributed by atoms with Gasteiger partial charge in [-0.25, -0.2) is 4.98 Å². The number of nitrogens with zero attached hydrogens (tertiary/aromatic N) is 2. The van der Waals surface area contributed by atoms with Crippen molar-refractivity contribution < 1.29 is 9.47 Å². The molecule has 0 aliphatic heterocycles. The van der Waals surface area contributed by atoms with Crippen LogP contribution >= 0.6 is 0 Å². The highest BCUT2D eigenvalue weighted by atomic mass is 16.5. The molecule has 140 valence electrons. The van der Waals surface area contributed by atoms with E-state index in [4.69, 9.17) is 14.5 Å². The van der Waals surface area contributed by atoms with Crippen LogP contribution in [0.3, 0.4) is 0 Å². The second kappa shape index (κ2) is 7.70. The smallest absolute Gasteiger partial charge is 0.229 e. The minimum absolute atomic E-state index is 0.480. The van der Waals surface area contributed by atoms with Crippen molar-refractivity contribution in [3.8, 4) is 11.5 Å². The summed E-state index contributed by atoms with van der Waals surface area (Å²) in [4.78, 5) is 9.43. The number of rotatable bonds is 6. The summed E-state index contributed by atoms with van der Waals surface area (Å²) in [6, 6.07) is 14.2. The summed E-state index contributed by atoms with van der Waals surface area (Å²) < 4.78 is 10.7. The number of anilines is 3. The van der Waals surface area contributed by atoms with Gasteiger partial charge in [0.1, 0.15) is 17.3 Å². The molecular formula is C21H24N4O2. The average Bonchev–Trinajstić information content (AvgIpc) is 3.20. The Hall–Kier alpha value is -3.02. The second-order valence-electron chi connectivity index (χ2n) is 6.77. The van der Waals surface area contributed by atoms with Gasteiger partial charge in [0.2, 0.25) is 5.95 Å². The van der Waals surface area contributed by atoms with Gasteiger partial charge in [0.15, 0.2) is 0 Å². The first-order valence-electron chi connectivity index (χ1n) is 9.28. The maximum absolute atomic E-state index is 5.34. The lowest BCUT2D eigenvalue weighted by Crippen LogP contribution is -2.16. The number of benzene rings is 2. The van der Waals surface area contributed by atoms with Crippen molar-refractivity contribution in [1.82, 2.24) is 9.97 Å². The topological polar surface area (TPSA) is 68.3 Å². The fourth-order valence-electron chi connectivity index (χ4n) is 3.51. The fourth-order valence-corrected chi connectivity index (χ4v) is 3.51. The minimum atomic E-state index is 0.480. The van der Waals surface area contributed by atoms with Crippen molar-refractivity contribution in [3.05, 3.63) is 42.5 Å². The van der Waals surface area contributed by atoms with Crippen LogP contribution in [0.25, 0.3) is 10.9 Å². The molecule has 6 heteroatoms. The van der Waals surface area contributed by atoms with Crippen molar-refractivity contribution in [1.29, 1.82) is 0 Å². The average molecular weight is 364 g/mol. The molecule has 0 amide bonds. The largest absolute Gasteiger partial charge is 0.497 e. The molecule has 1 aliphatic rings. The highest BCUT2D eigenvalue weighted by Gasteiger charge is 2.17. The molecule has 0 atom stereocenters. The third kappa shape index (κ3) is 3.89. The first-order chi connectivity index (χ1) is 13.2. The van der Waals surface area contributed by atoms with E-state index >= 15 is 0 Å². The van der Waals surface area contributed by atoms with Gasteiger partial charge in [0.25, 0.3) is 0 Å². The molecule has 1 heterocycles. The lowest BCUT2D eigenvalue weighted by molar-refractivity contribution is 0.395. The van der Waals surface area contributed by atoms with Crippen molar-refractivity contribution >= 4 is 28.4 Å². The van der Waals surface area contributed by atoms with Gasteiger partial charge in [-0.15, -0.1) is 0 Å². The third-order valence-electron chi connectivity index (χ3n) is 4.91. The van der Waals surface area contributed by atoms with Crippen LogP contribution in [0.15, 0.2) is 42.5 Å². The highest BCUT2D eigenvalue weighted by Crippen LogP contribution is 2.30. The maximum Gasteiger partial charge on any atom is 0.229 e. The van der Waals surface area contributed by atoms with Crippen LogP contribution in [0.1, 0.15) is 25.7 Å². The molecule has 1 aliphatic carbocycles. The van der Waals surface area contributed by atoms with Gasteiger partial charge in [-0.05, 0) is 25.0 Å². The monoisotopic (exact) mass is 364 g/mol. The summed E-state index contributed by atoms with van der Waals surface area (Å²) in [7, 11) is 3.27. The number of methoxy groups -OCH3 is 2. The van der Waals surface area contributed by atoms with E-state index < -0.39 is 0 Å². The molecule has 0 bridgehead atoms. The van der Waals surface area contributed by atoms with Gasteiger partial charge in [-0.2, -0.15) is 4.98 Å². The molecule has 1 aromatic heterocycles. The molecule has 4 rings (SSSR count). The molecule has 0 spiro atoms. The van der Waals surface area contributed by atoms with Crippen molar-refractivity contribution in [3.63, 3.8) is 0 Å². The van der Waals surface area contributed by atoms with Crippen molar-refractivity contribution in [2.45, 2.75) is 31.7 Å². The van der Waals surface area contributed by atoms with E-state index in [1.807, 2.05) is 36.4 Å². The van der Waals surface area contributed by atoms with Crippen LogP contribution in [-0.2, 0) is 0 Å². The summed E-state index contributed by atoms with van der Waals surface area (Å²) in [6.07, 6.45) is 4.92. The molecule has 0 unspecified atom stereocenters. The number of hydrogen-bond donors (Lipinski definition) is 2. The second-order valence-corrected chi connectivity index (χ2v) is 6.77. The van der Waals surface area contributed by atoms with Crippen LogP contribution in [-0.4, -0.2) is 30.2 Å². The quantitative estimate of drug-likeness (QED) is 0.658. The Balaban J connectivity index is 1.69. The number of nitrogens with one attached hydrogen (secondary N) is 2. The summed E-state index contributed by atoms with van der Waals surface area (Å²) in [5.74, 6) is 2.85. The number of ether oxygens (including phenoxy) is 2. The number of fused-ring (bicyclic) bond motifs is 1. The van der Waals surface area contributed by atoms with Crippen LogP contribution in [0.2, 0.25) is 0 Å². The molecule has 6 nitrogen and oxygen atoms in total. The summed E-state index contributed by atoms with van der Waals surface area (Å²) in [6.45, 7) is 0. The van der Waals surface area contributed by atoms with E-state index in [-0.39, 0.29) is 0 Å². The van der Waals surface area contributed by atoms with Crippen LogP contribution in [0.4, 0.5) is 17.5 Å². The molecule has 1 saturated carbocycles. The minimum Gasteiger partial charge on any atom is -0.497 e. The molecule has 0 radical (unpaired) electrons. The summed E-state index contributed by atoms with van der Waals surface area (Å²) in [5.41, 5.74) is 1.72. The third-order valence-corrected chi connectivity index (χ3v) is 4.91. The predicted molar refractivity (Wildman–Crippen MR) is 108 cm³/mol. The zero-order chi connectivity index (χ0) is 18.6. The van der Waals surface area contributed by atoms with E-state index in [1.54, 1.807) is 14.2 Å². The van der Waals surface area contributed by atoms with E-state index in [1.165, 1.54) is 25.7 Å². The predicted octanol–water partition coefficient (Wildman–Crippen LogP) is 4.75.